The van der Waals surface area contributed by atoms with Gasteiger partial charge in [-0.25, -0.2) is 0 Å². The average Bonchev–Trinajstić information content (AvgIpc) is 3.27. The third kappa shape index (κ3) is 4.74. The molecule has 0 fully saturated rings. The van der Waals surface area contributed by atoms with Gasteiger partial charge in [0.2, 0.25) is 0 Å². The van der Waals surface area contributed by atoms with E-state index in [2.05, 4.69) is 122 Å². The molecule has 2 aliphatic carbocycles. The molecular formula is C38H46ClNS. The van der Waals surface area contributed by atoms with Gasteiger partial charge in [0.15, 0.2) is 0 Å². The highest BCUT2D eigenvalue weighted by Gasteiger charge is 2.39. The Hall–Kier alpha value is -2.29. The van der Waals surface area contributed by atoms with Crippen molar-refractivity contribution in [3.05, 3.63) is 86.2 Å². The highest BCUT2D eigenvalue weighted by molar-refractivity contribution is 7.17. The maximum Gasteiger partial charge on any atom is 0.0647 e. The molecule has 0 saturated heterocycles. The van der Waals surface area contributed by atoms with Gasteiger partial charge in [-0.05, 0) is 131 Å². The summed E-state index contributed by atoms with van der Waals surface area (Å²) < 4.78 is 1.37. The van der Waals surface area contributed by atoms with E-state index in [1.54, 1.807) is 0 Å². The minimum Gasteiger partial charge on any atom is -0.309 e. The van der Waals surface area contributed by atoms with Gasteiger partial charge in [-0.2, -0.15) is 0 Å². The second-order valence-electron chi connectivity index (χ2n) is 15.6. The zero-order valence-electron chi connectivity index (χ0n) is 26.7. The summed E-state index contributed by atoms with van der Waals surface area (Å²) in [6.45, 7) is 23.8. The number of thiophene rings is 1. The van der Waals surface area contributed by atoms with Crippen LogP contribution in [0, 0.1) is 13.8 Å². The second kappa shape index (κ2) is 9.35. The molecule has 3 aromatic carbocycles. The lowest BCUT2D eigenvalue weighted by Crippen LogP contribution is -2.34. The van der Waals surface area contributed by atoms with E-state index in [9.17, 15) is 0 Å². The van der Waals surface area contributed by atoms with Crippen LogP contribution >= 0.6 is 22.9 Å². The van der Waals surface area contributed by atoms with E-state index in [0.717, 1.165) is 10.7 Å². The third-order valence-corrected chi connectivity index (χ3v) is 11.6. The maximum atomic E-state index is 6.74. The van der Waals surface area contributed by atoms with Crippen LogP contribution < -0.4 is 4.90 Å². The first-order chi connectivity index (χ1) is 19.0. The lowest BCUT2D eigenvalue weighted by Gasteiger charge is -2.43. The van der Waals surface area contributed by atoms with Gasteiger partial charge in [-0.15, -0.1) is 11.3 Å². The number of benzene rings is 3. The molecule has 41 heavy (non-hydrogen) atoms. The number of fused-ring (bicyclic) bond motifs is 3. The molecule has 1 heterocycles. The number of anilines is 3. The predicted octanol–water partition coefficient (Wildman–Crippen LogP) is 12.3. The Labute approximate surface area is 256 Å². The van der Waals surface area contributed by atoms with Crippen molar-refractivity contribution in [3.63, 3.8) is 0 Å². The summed E-state index contributed by atoms with van der Waals surface area (Å²) in [7, 11) is 0. The van der Waals surface area contributed by atoms with E-state index in [1.165, 1.54) is 80.5 Å². The third-order valence-electron chi connectivity index (χ3n) is 10.5. The van der Waals surface area contributed by atoms with E-state index in [4.69, 9.17) is 11.6 Å². The zero-order valence-corrected chi connectivity index (χ0v) is 28.3. The molecule has 0 saturated carbocycles. The first-order valence-corrected chi connectivity index (χ1v) is 16.6. The monoisotopic (exact) mass is 583 g/mol. The summed E-state index contributed by atoms with van der Waals surface area (Å²) in [5, 5.41) is 4.50. The van der Waals surface area contributed by atoms with Crippen LogP contribution in [0.3, 0.4) is 0 Å². The van der Waals surface area contributed by atoms with Gasteiger partial charge in [0.05, 0.1) is 5.69 Å². The van der Waals surface area contributed by atoms with Crippen molar-refractivity contribution in [2.45, 2.75) is 117 Å². The summed E-state index contributed by atoms with van der Waals surface area (Å²) in [5.74, 6) is 0. The zero-order chi connectivity index (χ0) is 29.7. The second-order valence-corrected chi connectivity index (χ2v) is 16.9. The molecular weight excluding hydrogens is 538 g/mol. The van der Waals surface area contributed by atoms with Crippen molar-refractivity contribution in [1.29, 1.82) is 0 Å². The maximum absolute atomic E-state index is 6.74. The van der Waals surface area contributed by atoms with Gasteiger partial charge in [0.25, 0.3) is 0 Å². The smallest absolute Gasteiger partial charge is 0.0647 e. The molecule has 1 nitrogen and oxygen atoms in total. The van der Waals surface area contributed by atoms with Crippen molar-refractivity contribution < 1.29 is 0 Å². The lowest BCUT2D eigenvalue weighted by atomic mass is 9.62. The predicted molar refractivity (Wildman–Crippen MR) is 182 cm³/mol. The molecule has 0 atom stereocenters. The first-order valence-electron chi connectivity index (χ1n) is 15.3. The molecule has 0 bridgehead atoms. The molecule has 2 aliphatic rings. The Balaban J connectivity index is 1.65. The Morgan fingerprint density at radius 1 is 0.610 bits per heavy atom. The molecule has 0 spiro atoms. The highest BCUT2D eigenvalue weighted by atomic mass is 35.5. The molecule has 0 N–H and O–H groups in total. The van der Waals surface area contributed by atoms with Gasteiger partial charge in [-0.3, -0.25) is 0 Å². The largest absolute Gasteiger partial charge is 0.309 e. The number of rotatable bonds is 3. The summed E-state index contributed by atoms with van der Waals surface area (Å²) in [5.41, 5.74) is 12.8. The highest BCUT2D eigenvalue weighted by Crippen LogP contribution is 2.53. The Morgan fingerprint density at radius 3 is 1.68 bits per heavy atom. The van der Waals surface area contributed by atoms with Gasteiger partial charge in [0.1, 0.15) is 0 Å². The number of nitrogens with zero attached hydrogens (tertiary/aromatic N) is 1. The van der Waals surface area contributed by atoms with Crippen molar-refractivity contribution in [1.82, 2.24) is 0 Å². The summed E-state index contributed by atoms with van der Waals surface area (Å²) in [6.07, 6.45) is 4.86. The lowest BCUT2D eigenvalue weighted by molar-refractivity contribution is 0.332. The fourth-order valence-corrected chi connectivity index (χ4v) is 8.68. The molecule has 0 aliphatic heterocycles. The summed E-state index contributed by atoms with van der Waals surface area (Å²) >= 11 is 8.61. The van der Waals surface area contributed by atoms with Crippen LogP contribution in [0.25, 0.3) is 10.1 Å². The SMILES string of the molecule is Cc1cc(Cl)cc(N(c2cc3c(cc2C)C(C)(C)CCC3(C)C)c2csc3cc4c(cc23)C(C)(C)CCC4(C)C)c1. The van der Waals surface area contributed by atoms with Gasteiger partial charge < -0.3 is 4.90 Å². The van der Waals surface area contributed by atoms with Gasteiger partial charge >= 0.3 is 0 Å². The molecule has 1 aromatic heterocycles. The van der Waals surface area contributed by atoms with Crippen molar-refractivity contribution in [2.24, 2.45) is 0 Å². The number of hydrogen-bond donors (Lipinski definition) is 0. The van der Waals surface area contributed by atoms with Gasteiger partial charge in [-0.1, -0.05) is 73.1 Å². The van der Waals surface area contributed by atoms with E-state index >= 15 is 0 Å². The topological polar surface area (TPSA) is 3.24 Å². The molecule has 216 valence electrons. The van der Waals surface area contributed by atoms with E-state index in [0.29, 0.717) is 0 Å². The minimum absolute atomic E-state index is 0.134. The fraction of sp³-hybridized carbons (Fsp3) is 0.474. The molecule has 0 radical (unpaired) electrons. The van der Waals surface area contributed by atoms with Crippen molar-refractivity contribution in [3.8, 4) is 0 Å². The van der Waals surface area contributed by atoms with E-state index in [1.807, 2.05) is 11.3 Å². The van der Waals surface area contributed by atoms with Crippen LogP contribution in [-0.2, 0) is 21.7 Å². The number of halogens is 1. The fourth-order valence-electron chi connectivity index (χ4n) is 7.45. The average molecular weight is 584 g/mol. The molecule has 6 rings (SSSR count). The molecule has 3 heteroatoms. The number of aryl methyl sites for hydroxylation is 2. The van der Waals surface area contributed by atoms with Crippen molar-refractivity contribution >= 4 is 50.1 Å². The van der Waals surface area contributed by atoms with Crippen LogP contribution in [0.1, 0.15) is 114 Å². The van der Waals surface area contributed by atoms with Gasteiger partial charge in [0, 0.05) is 31.9 Å². The standard InChI is InChI=1S/C38H46ClNS/c1-23-15-25(39)18-26(16-23)40(32-20-30-28(17-24(32)2)35(3,4)11-13-37(30,7)8)33-22-41-34-21-31-29(19-27(33)34)36(5,6)12-14-38(31,9)10/h15-22H,11-14H2,1-10H3. The Morgan fingerprint density at radius 2 is 1.12 bits per heavy atom. The molecule has 0 unspecified atom stereocenters. The van der Waals surface area contributed by atoms with Crippen LogP contribution in [0.5, 0.6) is 0 Å². The van der Waals surface area contributed by atoms with Crippen LogP contribution in [-0.4, -0.2) is 0 Å². The van der Waals surface area contributed by atoms with E-state index < -0.39 is 0 Å². The molecule has 0 amide bonds. The Bertz CT molecular complexity index is 1660. The Kier molecular flexibility index (Phi) is 6.57. The van der Waals surface area contributed by atoms with Crippen LogP contribution in [0.15, 0.2) is 47.8 Å². The number of hydrogen-bond acceptors (Lipinski definition) is 2. The van der Waals surface area contributed by atoms with Crippen LogP contribution in [0.4, 0.5) is 17.1 Å². The molecule has 4 aromatic rings. The normalized spacial score (nSPS) is 20.0. The minimum atomic E-state index is 0.134. The quantitative estimate of drug-likeness (QED) is 0.232. The van der Waals surface area contributed by atoms with Crippen LogP contribution in [0.2, 0.25) is 5.02 Å². The van der Waals surface area contributed by atoms with Crippen molar-refractivity contribution in [2.75, 3.05) is 4.90 Å². The van der Waals surface area contributed by atoms with E-state index in [-0.39, 0.29) is 21.7 Å². The summed E-state index contributed by atoms with van der Waals surface area (Å²) in [4.78, 5) is 2.50. The summed E-state index contributed by atoms with van der Waals surface area (Å²) in [6, 6.07) is 16.5. The first kappa shape index (κ1) is 28.8.